The van der Waals surface area contributed by atoms with E-state index >= 15 is 0 Å². The molecule has 0 aliphatic carbocycles. The molecule has 9 heavy (non-hydrogen) atoms. The molecule has 0 bridgehead atoms. The molecule has 0 saturated heterocycles. The van der Waals surface area contributed by atoms with Crippen LogP contribution in [0.25, 0.3) is 0 Å². The van der Waals surface area contributed by atoms with Gasteiger partial charge in [-0.1, -0.05) is 0 Å². The van der Waals surface area contributed by atoms with Crippen molar-refractivity contribution in [3.8, 4) is 0 Å². The number of rotatable bonds is 0. The van der Waals surface area contributed by atoms with E-state index < -0.39 is 0 Å². The van der Waals surface area contributed by atoms with Gasteiger partial charge in [0.15, 0.2) is 5.94 Å². The summed E-state index contributed by atoms with van der Waals surface area (Å²) in [6, 6.07) is 0. The van der Waals surface area contributed by atoms with E-state index in [4.69, 9.17) is 5.73 Å². The van der Waals surface area contributed by atoms with Crippen molar-refractivity contribution < 1.29 is 4.79 Å². The lowest BCUT2D eigenvalue weighted by Crippen LogP contribution is -2.17. The fourth-order valence-electron chi connectivity index (χ4n) is 0.457. The molecular formula is C5H5N3O. The molecule has 46 valence electrons. The third kappa shape index (κ3) is 1.17. The van der Waals surface area contributed by atoms with Crippen LogP contribution in [0.3, 0.4) is 0 Å². The van der Waals surface area contributed by atoms with Crippen LogP contribution < -0.4 is 11.1 Å². The number of carbonyl (C=O) groups excluding carboxylic acids is 1. The molecule has 4 heteroatoms. The number of hydrogen-bond donors (Lipinski definition) is 2. The summed E-state index contributed by atoms with van der Waals surface area (Å²) in [4.78, 5) is 13.5. The smallest absolute Gasteiger partial charge is 0.218 e. The number of nitrogens with two attached hydrogens (primary N) is 1. The van der Waals surface area contributed by atoms with Crippen LogP contribution in [-0.2, 0) is 4.79 Å². The zero-order valence-electron chi connectivity index (χ0n) is 4.59. The van der Waals surface area contributed by atoms with Crippen LogP contribution in [-0.4, -0.2) is 11.8 Å². The van der Waals surface area contributed by atoms with E-state index in [1.807, 2.05) is 0 Å². The normalized spacial score (nSPS) is 16.0. The first-order chi connectivity index (χ1) is 4.33. The van der Waals surface area contributed by atoms with Gasteiger partial charge in [0.1, 0.15) is 5.84 Å². The van der Waals surface area contributed by atoms with E-state index in [0.717, 1.165) is 0 Å². The Bertz CT molecular complexity index is 222. The number of nitrogens with zero attached hydrogens (tertiary/aromatic N) is 1. The minimum Gasteiger partial charge on any atom is -0.384 e. The van der Waals surface area contributed by atoms with Crippen LogP contribution >= 0.6 is 0 Å². The van der Waals surface area contributed by atoms with Gasteiger partial charge < -0.3 is 11.1 Å². The van der Waals surface area contributed by atoms with E-state index in [1.54, 1.807) is 12.0 Å². The van der Waals surface area contributed by atoms with Crippen LogP contribution in [0.2, 0.25) is 0 Å². The van der Waals surface area contributed by atoms with Crippen molar-refractivity contribution >= 4 is 11.8 Å². The maximum atomic E-state index is 9.88. The molecule has 0 amide bonds. The van der Waals surface area contributed by atoms with E-state index in [1.165, 1.54) is 6.20 Å². The monoisotopic (exact) mass is 123 g/mol. The van der Waals surface area contributed by atoms with Gasteiger partial charge in [-0.2, -0.15) is 0 Å². The summed E-state index contributed by atoms with van der Waals surface area (Å²) < 4.78 is 0. The zero-order valence-corrected chi connectivity index (χ0v) is 4.59. The molecule has 0 fully saturated rings. The lowest BCUT2D eigenvalue weighted by molar-refractivity contribution is 0.565. The highest BCUT2D eigenvalue weighted by Crippen LogP contribution is 1.90. The maximum absolute atomic E-state index is 9.88. The Kier molecular flexibility index (Phi) is 1.34. The molecule has 0 aromatic rings. The second-order valence-electron chi connectivity index (χ2n) is 1.47. The number of nitrogens with one attached hydrogen (secondary N) is 1. The number of hydrogen-bond acceptors (Lipinski definition) is 4. The first kappa shape index (κ1) is 5.59. The lowest BCUT2D eigenvalue weighted by atomic mass is 10.5. The summed E-state index contributed by atoms with van der Waals surface area (Å²) in [5.74, 6) is 2.00. The zero-order chi connectivity index (χ0) is 6.69. The molecule has 0 atom stereocenters. The van der Waals surface area contributed by atoms with Crippen LogP contribution in [0, 0.1) is 0 Å². The van der Waals surface area contributed by atoms with Gasteiger partial charge in [0, 0.05) is 6.20 Å². The third-order valence-corrected chi connectivity index (χ3v) is 0.812. The highest BCUT2D eigenvalue weighted by Gasteiger charge is 1.96. The molecule has 0 spiro atoms. The van der Waals surface area contributed by atoms with Crippen molar-refractivity contribution in [1.29, 1.82) is 0 Å². The first-order valence-corrected chi connectivity index (χ1v) is 2.35. The molecule has 1 rings (SSSR count). The quantitative estimate of drug-likeness (QED) is 0.411. The molecule has 0 saturated carbocycles. The molecule has 0 aromatic carbocycles. The van der Waals surface area contributed by atoms with Crippen molar-refractivity contribution in [2.75, 3.05) is 0 Å². The van der Waals surface area contributed by atoms with E-state index in [2.05, 4.69) is 10.3 Å². The molecule has 4 nitrogen and oxygen atoms in total. The summed E-state index contributed by atoms with van der Waals surface area (Å²) in [5, 5.41) is 2.54. The Morgan fingerprint density at radius 2 is 2.56 bits per heavy atom. The highest BCUT2D eigenvalue weighted by molar-refractivity contribution is 5.93. The van der Waals surface area contributed by atoms with Crippen LogP contribution in [0.1, 0.15) is 0 Å². The van der Waals surface area contributed by atoms with Crippen LogP contribution in [0.15, 0.2) is 23.1 Å². The number of amidine groups is 1. The highest BCUT2D eigenvalue weighted by atomic mass is 16.1. The predicted octanol–water partition coefficient (Wildman–Crippen LogP) is -0.866. The fourth-order valence-corrected chi connectivity index (χ4v) is 0.457. The molecule has 0 aromatic heterocycles. The van der Waals surface area contributed by atoms with E-state index in [-0.39, 0.29) is 5.82 Å². The van der Waals surface area contributed by atoms with Gasteiger partial charge in [-0.3, -0.25) is 0 Å². The van der Waals surface area contributed by atoms with Gasteiger partial charge in [-0.05, 0) is 6.08 Å². The van der Waals surface area contributed by atoms with Crippen LogP contribution in [0.5, 0.6) is 0 Å². The Morgan fingerprint density at radius 3 is 3.00 bits per heavy atom. The molecule has 0 unspecified atom stereocenters. The largest absolute Gasteiger partial charge is 0.384 e. The molecule has 1 aliphatic rings. The minimum absolute atomic E-state index is 0.120. The third-order valence-electron chi connectivity index (χ3n) is 0.812. The second kappa shape index (κ2) is 2.15. The second-order valence-corrected chi connectivity index (χ2v) is 1.47. The SMILES string of the molecule is NC1=NC(=C=O)NC=C1. The molecule has 1 heterocycles. The molecular weight excluding hydrogens is 118 g/mol. The number of aliphatic imine (C=N–C) groups is 1. The van der Waals surface area contributed by atoms with Crippen molar-refractivity contribution in [3.05, 3.63) is 18.1 Å². The summed E-state index contributed by atoms with van der Waals surface area (Å²) >= 11 is 0. The van der Waals surface area contributed by atoms with Crippen molar-refractivity contribution in [2.24, 2.45) is 10.7 Å². The standard InChI is InChI=1S/C5H5N3O/c6-4-1-2-7-5(3-9)8-4/h1-2,7H,(H2,6,8). The maximum Gasteiger partial charge on any atom is 0.218 e. The topological polar surface area (TPSA) is 67.5 Å². The minimum atomic E-state index is 0.120. The summed E-state index contributed by atoms with van der Waals surface area (Å²) in [6.07, 6.45) is 3.09. The van der Waals surface area contributed by atoms with Gasteiger partial charge in [-0.25, -0.2) is 9.79 Å². The molecule has 1 aliphatic heterocycles. The van der Waals surface area contributed by atoms with Crippen molar-refractivity contribution in [1.82, 2.24) is 5.32 Å². The Balaban J connectivity index is 2.90. The predicted molar refractivity (Wildman–Crippen MR) is 33.1 cm³/mol. The summed E-state index contributed by atoms with van der Waals surface area (Å²) in [6.45, 7) is 0. The molecule has 3 N–H and O–H groups in total. The summed E-state index contributed by atoms with van der Waals surface area (Å²) in [7, 11) is 0. The van der Waals surface area contributed by atoms with Crippen molar-refractivity contribution in [2.45, 2.75) is 0 Å². The lowest BCUT2D eigenvalue weighted by Gasteiger charge is -2.01. The average Bonchev–Trinajstić information content (AvgIpc) is 1.88. The van der Waals surface area contributed by atoms with Gasteiger partial charge >= 0.3 is 0 Å². The average molecular weight is 123 g/mol. The first-order valence-electron chi connectivity index (χ1n) is 2.35. The van der Waals surface area contributed by atoms with Crippen LogP contribution in [0.4, 0.5) is 0 Å². The fraction of sp³-hybridized carbons (Fsp3) is 0. The van der Waals surface area contributed by atoms with Gasteiger partial charge in [0.25, 0.3) is 0 Å². The summed E-state index contributed by atoms with van der Waals surface area (Å²) in [5.41, 5.74) is 5.22. The van der Waals surface area contributed by atoms with E-state index in [9.17, 15) is 4.79 Å². The van der Waals surface area contributed by atoms with Crippen molar-refractivity contribution in [3.63, 3.8) is 0 Å². The Labute approximate surface area is 51.8 Å². The van der Waals surface area contributed by atoms with Gasteiger partial charge in [-0.15, -0.1) is 0 Å². The van der Waals surface area contributed by atoms with E-state index in [0.29, 0.717) is 5.84 Å². The Morgan fingerprint density at radius 1 is 1.78 bits per heavy atom. The molecule has 0 radical (unpaired) electrons. The Hall–Kier alpha value is -1.54. The van der Waals surface area contributed by atoms with Gasteiger partial charge in [0.2, 0.25) is 5.82 Å². The van der Waals surface area contributed by atoms with Gasteiger partial charge in [0.05, 0.1) is 0 Å².